The van der Waals surface area contributed by atoms with Crippen LogP contribution in [0.5, 0.6) is 0 Å². The highest BCUT2D eigenvalue weighted by atomic mass is 16.5. The van der Waals surface area contributed by atoms with E-state index in [4.69, 9.17) is 10.5 Å². The van der Waals surface area contributed by atoms with Crippen LogP contribution in [0, 0.1) is 0 Å². The molecule has 0 fully saturated rings. The highest BCUT2D eigenvalue weighted by molar-refractivity contribution is 5.65. The molecule has 3 N–H and O–H groups in total. The van der Waals surface area contributed by atoms with Crippen molar-refractivity contribution in [3.63, 3.8) is 0 Å². The van der Waals surface area contributed by atoms with Gasteiger partial charge in [-0.3, -0.25) is 0 Å². The number of hydrogen-bond donors (Lipinski definition) is 2. The number of rotatable bonds is 4. The number of para-hydroxylation sites is 2. The Morgan fingerprint density at radius 2 is 2.15 bits per heavy atom. The number of nitrogens with two attached hydrogens (primary N) is 1. The fraction of sp³-hybridized carbons (Fsp3) is 0.400. The van der Waals surface area contributed by atoms with E-state index >= 15 is 0 Å². The maximum absolute atomic E-state index is 5.76. The lowest BCUT2D eigenvalue weighted by Crippen LogP contribution is -2.21. The number of ether oxygens (including phenoxy) is 1. The van der Waals surface area contributed by atoms with Crippen LogP contribution in [-0.4, -0.2) is 19.8 Å². The van der Waals surface area contributed by atoms with Gasteiger partial charge in [-0.2, -0.15) is 0 Å². The Labute approximate surface area is 78.9 Å². The summed E-state index contributed by atoms with van der Waals surface area (Å²) in [6.07, 6.45) is 0. The molecule has 0 radical (unpaired) electrons. The molecule has 13 heavy (non-hydrogen) atoms. The molecule has 1 aromatic rings. The second-order valence-corrected chi connectivity index (χ2v) is 3.09. The summed E-state index contributed by atoms with van der Waals surface area (Å²) < 4.78 is 5.01. The summed E-state index contributed by atoms with van der Waals surface area (Å²) in [7, 11) is 1.69. The molecule has 0 saturated carbocycles. The average molecular weight is 180 g/mol. The first kappa shape index (κ1) is 9.86. The Kier molecular flexibility index (Phi) is 3.58. The molecule has 0 bridgehead atoms. The highest BCUT2D eigenvalue weighted by Crippen LogP contribution is 2.17. The van der Waals surface area contributed by atoms with Crippen LogP contribution >= 0.6 is 0 Å². The molecule has 1 aromatic carbocycles. The van der Waals surface area contributed by atoms with Crippen LogP contribution in [0.15, 0.2) is 24.3 Å². The summed E-state index contributed by atoms with van der Waals surface area (Å²) in [6, 6.07) is 7.98. The summed E-state index contributed by atoms with van der Waals surface area (Å²) >= 11 is 0. The second kappa shape index (κ2) is 4.72. The van der Waals surface area contributed by atoms with Crippen LogP contribution < -0.4 is 11.1 Å². The molecular formula is C10H16N2O. The van der Waals surface area contributed by atoms with E-state index in [0.717, 1.165) is 11.4 Å². The zero-order valence-electron chi connectivity index (χ0n) is 8.08. The normalized spacial score (nSPS) is 12.5. The van der Waals surface area contributed by atoms with Crippen molar-refractivity contribution in [2.75, 3.05) is 24.8 Å². The standard InChI is InChI=1S/C10H16N2O/c1-8(7-13-2)12-10-6-4-3-5-9(10)11/h3-6,8,12H,7,11H2,1-2H3/t8-/m1/s1. The summed E-state index contributed by atoms with van der Waals surface area (Å²) in [4.78, 5) is 0. The molecule has 0 unspecified atom stereocenters. The molecule has 0 aliphatic heterocycles. The summed E-state index contributed by atoms with van der Waals surface area (Å²) in [5.74, 6) is 0. The van der Waals surface area contributed by atoms with Gasteiger partial charge in [0.15, 0.2) is 0 Å². The van der Waals surface area contributed by atoms with Crippen molar-refractivity contribution in [2.24, 2.45) is 0 Å². The minimum atomic E-state index is 0.273. The maximum atomic E-state index is 5.76. The van der Waals surface area contributed by atoms with Gasteiger partial charge in [-0.25, -0.2) is 0 Å². The van der Waals surface area contributed by atoms with Gasteiger partial charge in [0.2, 0.25) is 0 Å². The van der Waals surface area contributed by atoms with Gasteiger partial charge in [-0.15, -0.1) is 0 Å². The number of nitrogens with one attached hydrogen (secondary N) is 1. The molecule has 0 aromatic heterocycles. The van der Waals surface area contributed by atoms with Crippen molar-refractivity contribution in [1.82, 2.24) is 0 Å². The van der Waals surface area contributed by atoms with Gasteiger partial charge in [-0.1, -0.05) is 12.1 Å². The Morgan fingerprint density at radius 3 is 2.77 bits per heavy atom. The third kappa shape index (κ3) is 2.95. The SMILES string of the molecule is COC[C@@H](C)Nc1ccccc1N. The lowest BCUT2D eigenvalue weighted by atomic mass is 10.2. The molecule has 1 rings (SSSR count). The fourth-order valence-electron chi connectivity index (χ4n) is 1.19. The lowest BCUT2D eigenvalue weighted by Gasteiger charge is -2.15. The van der Waals surface area contributed by atoms with Crippen LogP contribution in [-0.2, 0) is 4.74 Å². The smallest absolute Gasteiger partial charge is 0.0661 e. The van der Waals surface area contributed by atoms with Crippen molar-refractivity contribution >= 4 is 11.4 Å². The van der Waals surface area contributed by atoms with Crippen LogP contribution in [0.3, 0.4) is 0 Å². The van der Waals surface area contributed by atoms with E-state index < -0.39 is 0 Å². The van der Waals surface area contributed by atoms with E-state index in [1.54, 1.807) is 7.11 Å². The van der Waals surface area contributed by atoms with Gasteiger partial charge in [0.05, 0.1) is 18.0 Å². The Morgan fingerprint density at radius 1 is 1.46 bits per heavy atom. The third-order valence-electron chi connectivity index (χ3n) is 1.78. The van der Waals surface area contributed by atoms with Crippen molar-refractivity contribution < 1.29 is 4.74 Å². The summed E-state index contributed by atoms with van der Waals surface area (Å²) in [5.41, 5.74) is 7.50. The molecule has 0 amide bonds. The van der Waals surface area contributed by atoms with Gasteiger partial charge < -0.3 is 15.8 Å². The molecule has 0 aliphatic carbocycles. The maximum Gasteiger partial charge on any atom is 0.0661 e. The Hall–Kier alpha value is -1.22. The van der Waals surface area contributed by atoms with Gasteiger partial charge in [0.1, 0.15) is 0 Å². The van der Waals surface area contributed by atoms with Gasteiger partial charge >= 0.3 is 0 Å². The van der Waals surface area contributed by atoms with Crippen molar-refractivity contribution in [3.8, 4) is 0 Å². The van der Waals surface area contributed by atoms with Crippen LogP contribution in [0.4, 0.5) is 11.4 Å². The van der Waals surface area contributed by atoms with E-state index in [1.165, 1.54) is 0 Å². The number of methoxy groups -OCH3 is 1. The number of nitrogen functional groups attached to an aromatic ring is 1. The molecular weight excluding hydrogens is 164 g/mol. The zero-order valence-corrected chi connectivity index (χ0v) is 8.08. The lowest BCUT2D eigenvalue weighted by molar-refractivity contribution is 0.190. The monoisotopic (exact) mass is 180 g/mol. The van der Waals surface area contributed by atoms with E-state index in [0.29, 0.717) is 6.61 Å². The zero-order chi connectivity index (χ0) is 9.68. The van der Waals surface area contributed by atoms with E-state index in [9.17, 15) is 0 Å². The topological polar surface area (TPSA) is 47.3 Å². The molecule has 0 aliphatic rings. The first-order valence-electron chi connectivity index (χ1n) is 4.34. The van der Waals surface area contributed by atoms with Crippen molar-refractivity contribution in [1.29, 1.82) is 0 Å². The first-order valence-corrected chi connectivity index (χ1v) is 4.34. The van der Waals surface area contributed by atoms with Gasteiger partial charge in [0.25, 0.3) is 0 Å². The summed E-state index contributed by atoms with van der Waals surface area (Å²) in [6.45, 7) is 2.73. The molecule has 72 valence electrons. The quantitative estimate of drug-likeness (QED) is 0.693. The number of hydrogen-bond acceptors (Lipinski definition) is 3. The molecule has 0 heterocycles. The average Bonchev–Trinajstić information content (AvgIpc) is 2.09. The van der Waals surface area contributed by atoms with Gasteiger partial charge in [0, 0.05) is 13.2 Å². The minimum absolute atomic E-state index is 0.273. The predicted octanol–water partition coefficient (Wildman–Crippen LogP) is 1.72. The summed E-state index contributed by atoms with van der Waals surface area (Å²) in [5, 5.41) is 3.26. The molecule has 1 atom stereocenters. The van der Waals surface area contributed by atoms with Crippen LogP contribution in [0.25, 0.3) is 0 Å². The van der Waals surface area contributed by atoms with Crippen LogP contribution in [0.1, 0.15) is 6.92 Å². The Balaban J connectivity index is 2.58. The number of anilines is 2. The van der Waals surface area contributed by atoms with E-state index in [2.05, 4.69) is 12.2 Å². The van der Waals surface area contributed by atoms with Crippen molar-refractivity contribution in [2.45, 2.75) is 13.0 Å². The molecule has 0 saturated heterocycles. The second-order valence-electron chi connectivity index (χ2n) is 3.09. The van der Waals surface area contributed by atoms with Crippen molar-refractivity contribution in [3.05, 3.63) is 24.3 Å². The predicted molar refractivity (Wildman–Crippen MR) is 55.8 cm³/mol. The highest BCUT2D eigenvalue weighted by Gasteiger charge is 2.02. The Bertz CT molecular complexity index is 263. The van der Waals surface area contributed by atoms with E-state index in [-0.39, 0.29) is 6.04 Å². The van der Waals surface area contributed by atoms with E-state index in [1.807, 2.05) is 24.3 Å². The number of benzene rings is 1. The third-order valence-corrected chi connectivity index (χ3v) is 1.78. The largest absolute Gasteiger partial charge is 0.397 e. The fourth-order valence-corrected chi connectivity index (χ4v) is 1.19. The van der Waals surface area contributed by atoms with Gasteiger partial charge in [-0.05, 0) is 19.1 Å². The molecule has 0 spiro atoms. The minimum Gasteiger partial charge on any atom is -0.397 e. The molecule has 3 heteroatoms. The first-order chi connectivity index (χ1) is 6.24. The van der Waals surface area contributed by atoms with Crippen LogP contribution in [0.2, 0.25) is 0 Å². The molecule has 3 nitrogen and oxygen atoms in total.